The molecule has 1 aromatic rings. The van der Waals surface area contributed by atoms with E-state index in [-0.39, 0.29) is 19.1 Å². The standard InChI is InChI=1S/C11H18F3N3O3/c1-15-8(6-18-2)5-10-16-9(17-20-10)3-4-19-7-11(12,13)14/h8,15H,3-7H2,1-2H3. The Hall–Kier alpha value is -1.19. The summed E-state index contributed by atoms with van der Waals surface area (Å²) in [5.74, 6) is 0.738. The number of alkyl halides is 3. The highest BCUT2D eigenvalue weighted by molar-refractivity contribution is 4.89. The van der Waals surface area contributed by atoms with E-state index in [9.17, 15) is 13.2 Å². The molecule has 0 aromatic carbocycles. The number of nitrogens with zero attached hydrogens (tertiary/aromatic N) is 2. The quantitative estimate of drug-likeness (QED) is 0.685. The van der Waals surface area contributed by atoms with Crippen molar-refractivity contribution in [3.63, 3.8) is 0 Å². The molecular formula is C11H18F3N3O3. The third-order valence-corrected chi connectivity index (χ3v) is 2.44. The van der Waals surface area contributed by atoms with Gasteiger partial charge in [0, 0.05) is 26.0 Å². The molecule has 0 saturated heterocycles. The lowest BCUT2D eigenvalue weighted by molar-refractivity contribution is -0.173. The van der Waals surface area contributed by atoms with Crippen LogP contribution in [-0.2, 0) is 22.3 Å². The number of hydrogen-bond acceptors (Lipinski definition) is 6. The number of hydrogen-bond donors (Lipinski definition) is 1. The molecule has 0 amide bonds. The zero-order valence-electron chi connectivity index (χ0n) is 11.4. The number of halogens is 3. The number of rotatable bonds is 9. The topological polar surface area (TPSA) is 69.4 Å². The van der Waals surface area contributed by atoms with Crippen LogP contribution in [0, 0.1) is 0 Å². The SMILES string of the molecule is CNC(COC)Cc1nc(CCOCC(F)(F)F)no1. The molecule has 20 heavy (non-hydrogen) atoms. The molecule has 0 spiro atoms. The minimum absolute atomic E-state index is 0.0368. The Morgan fingerprint density at radius 1 is 1.40 bits per heavy atom. The highest BCUT2D eigenvalue weighted by atomic mass is 19.4. The monoisotopic (exact) mass is 297 g/mol. The normalized spacial score (nSPS) is 13.7. The summed E-state index contributed by atoms with van der Waals surface area (Å²) in [6.45, 7) is -0.887. The van der Waals surface area contributed by atoms with Gasteiger partial charge in [-0.3, -0.25) is 0 Å². The van der Waals surface area contributed by atoms with E-state index in [0.717, 1.165) is 0 Å². The number of aromatic nitrogens is 2. The van der Waals surface area contributed by atoms with Crippen LogP contribution in [-0.4, -0.2) is 56.3 Å². The third-order valence-electron chi connectivity index (χ3n) is 2.44. The average Bonchev–Trinajstić information content (AvgIpc) is 2.81. The predicted molar refractivity (Wildman–Crippen MR) is 63.3 cm³/mol. The van der Waals surface area contributed by atoms with Crippen molar-refractivity contribution in [3.05, 3.63) is 11.7 Å². The Morgan fingerprint density at radius 2 is 2.15 bits per heavy atom. The zero-order valence-corrected chi connectivity index (χ0v) is 11.4. The van der Waals surface area contributed by atoms with Crippen LogP contribution in [0.25, 0.3) is 0 Å². The Labute approximate surface area is 114 Å². The first kappa shape index (κ1) is 16.9. The number of likely N-dealkylation sites (N-methyl/N-ethyl adjacent to an activating group) is 1. The van der Waals surface area contributed by atoms with Gasteiger partial charge in [-0.15, -0.1) is 0 Å². The van der Waals surface area contributed by atoms with Gasteiger partial charge in [0.15, 0.2) is 5.82 Å². The zero-order chi connectivity index (χ0) is 15.0. The molecule has 1 atom stereocenters. The number of methoxy groups -OCH3 is 1. The highest BCUT2D eigenvalue weighted by Gasteiger charge is 2.27. The van der Waals surface area contributed by atoms with E-state index in [1.54, 1.807) is 14.2 Å². The molecule has 0 aliphatic heterocycles. The molecule has 1 aromatic heterocycles. The maximum Gasteiger partial charge on any atom is 0.411 e. The van der Waals surface area contributed by atoms with Gasteiger partial charge in [0.2, 0.25) is 5.89 Å². The molecular weight excluding hydrogens is 279 g/mol. The molecule has 9 heteroatoms. The molecule has 0 fully saturated rings. The van der Waals surface area contributed by atoms with E-state index < -0.39 is 12.8 Å². The molecule has 116 valence electrons. The minimum atomic E-state index is -4.32. The summed E-state index contributed by atoms with van der Waals surface area (Å²) < 4.78 is 50.0. The molecule has 1 unspecified atom stereocenters. The lowest BCUT2D eigenvalue weighted by atomic mass is 10.2. The van der Waals surface area contributed by atoms with Crippen molar-refractivity contribution in [2.24, 2.45) is 0 Å². The summed E-state index contributed by atoms with van der Waals surface area (Å²) in [7, 11) is 3.37. The van der Waals surface area contributed by atoms with Crippen LogP contribution in [0.1, 0.15) is 11.7 Å². The van der Waals surface area contributed by atoms with Crippen LogP contribution in [0.5, 0.6) is 0 Å². The van der Waals surface area contributed by atoms with Gasteiger partial charge in [0.1, 0.15) is 6.61 Å². The Morgan fingerprint density at radius 3 is 2.75 bits per heavy atom. The Balaban J connectivity index is 2.32. The molecule has 0 aliphatic carbocycles. The fourth-order valence-electron chi connectivity index (χ4n) is 1.48. The van der Waals surface area contributed by atoms with Gasteiger partial charge in [-0.2, -0.15) is 18.2 Å². The van der Waals surface area contributed by atoms with Crippen LogP contribution in [0.3, 0.4) is 0 Å². The second-order valence-electron chi connectivity index (χ2n) is 4.17. The first-order chi connectivity index (χ1) is 9.44. The van der Waals surface area contributed by atoms with Gasteiger partial charge >= 0.3 is 6.18 Å². The Kier molecular flexibility index (Phi) is 6.89. The molecule has 0 bridgehead atoms. The first-order valence-electron chi connectivity index (χ1n) is 6.06. The van der Waals surface area contributed by atoms with Crippen LogP contribution < -0.4 is 5.32 Å². The lowest BCUT2D eigenvalue weighted by Crippen LogP contribution is -2.32. The minimum Gasteiger partial charge on any atom is -0.383 e. The van der Waals surface area contributed by atoms with E-state index in [0.29, 0.717) is 24.7 Å². The smallest absolute Gasteiger partial charge is 0.383 e. The first-order valence-corrected chi connectivity index (χ1v) is 6.06. The fourth-order valence-corrected chi connectivity index (χ4v) is 1.48. The van der Waals surface area contributed by atoms with Gasteiger partial charge < -0.3 is 19.3 Å². The van der Waals surface area contributed by atoms with Gasteiger partial charge in [0.05, 0.1) is 13.2 Å². The van der Waals surface area contributed by atoms with E-state index in [1.807, 2.05) is 0 Å². The van der Waals surface area contributed by atoms with Crippen LogP contribution in [0.2, 0.25) is 0 Å². The van der Waals surface area contributed by atoms with Crippen molar-refractivity contribution in [2.45, 2.75) is 25.1 Å². The summed E-state index contributed by atoms with van der Waals surface area (Å²) in [6, 6.07) is 0.0368. The van der Waals surface area contributed by atoms with E-state index in [1.165, 1.54) is 0 Å². The Bertz CT molecular complexity index is 384. The summed E-state index contributed by atoms with van der Waals surface area (Å²) in [5, 5.41) is 6.71. The van der Waals surface area contributed by atoms with E-state index in [2.05, 4.69) is 20.2 Å². The third kappa shape index (κ3) is 6.83. The van der Waals surface area contributed by atoms with Crippen molar-refractivity contribution in [2.75, 3.05) is 34.0 Å². The molecule has 1 rings (SSSR count). The molecule has 1 N–H and O–H groups in total. The predicted octanol–water partition coefficient (Wildman–Crippen LogP) is 0.968. The van der Waals surface area contributed by atoms with Crippen LogP contribution >= 0.6 is 0 Å². The maximum absolute atomic E-state index is 11.8. The molecule has 1 heterocycles. The van der Waals surface area contributed by atoms with Crippen molar-refractivity contribution in [3.8, 4) is 0 Å². The second kappa shape index (κ2) is 8.18. The van der Waals surface area contributed by atoms with Gasteiger partial charge in [-0.1, -0.05) is 5.16 Å². The fraction of sp³-hybridized carbons (Fsp3) is 0.818. The van der Waals surface area contributed by atoms with Crippen LogP contribution in [0.15, 0.2) is 4.52 Å². The maximum atomic E-state index is 11.8. The average molecular weight is 297 g/mol. The van der Waals surface area contributed by atoms with Crippen molar-refractivity contribution >= 4 is 0 Å². The van der Waals surface area contributed by atoms with E-state index in [4.69, 9.17) is 9.26 Å². The van der Waals surface area contributed by atoms with Crippen LogP contribution in [0.4, 0.5) is 13.2 Å². The van der Waals surface area contributed by atoms with Gasteiger partial charge in [0.25, 0.3) is 0 Å². The number of ether oxygens (including phenoxy) is 2. The van der Waals surface area contributed by atoms with Gasteiger partial charge in [-0.25, -0.2) is 0 Å². The summed E-state index contributed by atoms with van der Waals surface area (Å²) >= 11 is 0. The molecule has 6 nitrogen and oxygen atoms in total. The largest absolute Gasteiger partial charge is 0.411 e. The van der Waals surface area contributed by atoms with Crippen molar-refractivity contribution in [1.82, 2.24) is 15.5 Å². The summed E-state index contributed by atoms with van der Waals surface area (Å²) in [6.07, 6.45) is -3.66. The molecule has 0 saturated carbocycles. The van der Waals surface area contributed by atoms with Gasteiger partial charge in [-0.05, 0) is 7.05 Å². The summed E-state index contributed by atoms with van der Waals surface area (Å²) in [5.41, 5.74) is 0. The van der Waals surface area contributed by atoms with E-state index >= 15 is 0 Å². The summed E-state index contributed by atoms with van der Waals surface area (Å²) in [4.78, 5) is 4.08. The lowest BCUT2D eigenvalue weighted by Gasteiger charge is -2.11. The number of nitrogens with one attached hydrogen (secondary N) is 1. The second-order valence-corrected chi connectivity index (χ2v) is 4.17. The highest BCUT2D eigenvalue weighted by Crippen LogP contribution is 2.14. The van der Waals surface area contributed by atoms with Crippen molar-refractivity contribution in [1.29, 1.82) is 0 Å². The molecule has 0 aliphatic rings. The molecule has 0 radical (unpaired) electrons. The van der Waals surface area contributed by atoms with Crippen molar-refractivity contribution < 1.29 is 27.2 Å².